The average Bonchev–Trinajstić information content (AvgIpc) is 3.50. The lowest BCUT2D eigenvalue weighted by Gasteiger charge is -2.37. The van der Waals surface area contributed by atoms with Gasteiger partial charge in [-0.25, -0.2) is 0 Å². The number of anilines is 1. The molecule has 0 spiro atoms. The van der Waals surface area contributed by atoms with Crippen LogP contribution in [0.25, 0.3) is 11.8 Å². The Kier molecular flexibility index (Phi) is 6.15. The molecule has 0 aromatic heterocycles. The fourth-order valence-corrected chi connectivity index (χ4v) is 7.91. The molecule has 0 bridgehead atoms. The third-order valence-electron chi connectivity index (χ3n) is 8.69. The van der Waals surface area contributed by atoms with E-state index in [1.54, 1.807) is 0 Å². The fourth-order valence-electron chi connectivity index (χ4n) is 6.65. The van der Waals surface area contributed by atoms with Crippen LogP contribution < -0.4 is 10.6 Å². The first-order valence-corrected chi connectivity index (χ1v) is 15.4. The van der Waals surface area contributed by atoms with Crippen molar-refractivity contribution in [1.29, 1.82) is 0 Å². The van der Waals surface area contributed by atoms with E-state index in [0.717, 1.165) is 23.4 Å². The molecule has 2 aliphatic heterocycles. The lowest BCUT2D eigenvalue weighted by Crippen LogP contribution is -2.37. The van der Waals surface area contributed by atoms with Crippen molar-refractivity contribution in [3.8, 4) is 0 Å². The second-order valence-corrected chi connectivity index (χ2v) is 12.3. The molecule has 5 atom stereocenters. The summed E-state index contributed by atoms with van der Waals surface area (Å²) in [5.74, 6) is 0.998. The molecule has 0 amide bonds. The Hall–Kier alpha value is -4.28. The number of fused-ring (bicyclic) bond motifs is 5. The molecule has 41 heavy (non-hydrogen) atoms. The van der Waals surface area contributed by atoms with Gasteiger partial charge in [0.05, 0.1) is 16.8 Å². The quantitative estimate of drug-likeness (QED) is 0.343. The number of allylic oxidation sites excluding steroid dienone is 8. The summed E-state index contributed by atoms with van der Waals surface area (Å²) in [7, 11) is 0. The number of hydrogen-bond acceptors (Lipinski definition) is 4. The van der Waals surface area contributed by atoms with E-state index in [1.807, 2.05) is 11.8 Å². The second kappa shape index (κ2) is 10.3. The van der Waals surface area contributed by atoms with Crippen LogP contribution in [0.15, 0.2) is 143 Å². The van der Waals surface area contributed by atoms with Crippen molar-refractivity contribution in [2.45, 2.75) is 28.8 Å². The Bertz CT molecular complexity index is 1710. The highest BCUT2D eigenvalue weighted by atomic mass is 32.2. The number of rotatable bonds is 4. The van der Waals surface area contributed by atoms with Gasteiger partial charge in [0.25, 0.3) is 0 Å². The Morgan fingerprint density at radius 2 is 1.59 bits per heavy atom. The molecule has 3 aromatic carbocycles. The van der Waals surface area contributed by atoms with Crippen LogP contribution in [0.1, 0.15) is 34.6 Å². The van der Waals surface area contributed by atoms with Gasteiger partial charge < -0.3 is 10.6 Å². The maximum atomic E-state index is 5.30. The monoisotopic (exact) mass is 549 g/mol. The van der Waals surface area contributed by atoms with Gasteiger partial charge in [-0.15, -0.1) is 0 Å². The number of benzene rings is 3. The van der Waals surface area contributed by atoms with Crippen molar-refractivity contribution >= 4 is 34.9 Å². The predicted octanol–water partition coefficient (Wildman–Crippen LogP) is 8.35. The van der Waals surface area contributed by atoms with E-state index in [1.165, 1.54) is 32.8 Å². The van der Waals surface area contributed by atoms with Crippen LogP contribution in [-0.4, -0.2) is 17.3 Å². The first kappa shape index (κ1) is 24.5. The van der Waals surface area contributed by atoms with Gasteiger partial charge in [-0.05, 0) is 46.4 Å². The maximum absolute atomic E-state index is 5.30. The van der Waals surface area contributed by atoms with E-state index < -0.39 is 0 Å². The summed E-state index contributed by atoms with van der Waals surface area (Å²) < 4.78 is 0. The Morgan fingerprint density at radius 1 is 0.756 bits per heavy atom. The van der Waals surface area contributed by atoms with Gasteiger partial charge in [0.15, 0.2) is 0 Å². The fraction of sp³-hybridized carbons (Fsp3) is 0.162. The largest absolute Gasteiger partial charge is 0.371 e. The average molecular weight is 550 g/mol. The van der Waals surface area contributed by atoms with Gasteiger partial charge in [0.1, 0.15) is 6.17 Å². The van der Waals surface area contributed by atoms with Crippen LogP contribution in [0, 0.1) is 11.8 Å². The summed E-state index contributed by atoms with van der Waals surface area (Å²) >= 11 is 1.98. The van der Waals surface area contributed by atoms with E-state index in [2.05, 4.69) is 144 Å². The van der Waals surface area contributed by atoms with Crippen molar-refractivity contribution in [3.05, 3.63) is 155 Å². The minimum atomic E-state index is -0.153. The maximum Gasteiger partial charge on any atom is 0.142 e. The minimum absolute atomic E-state index is 0.153. The molecule has 3 aliphatic carbocycles. The Morgan fingerprint density at radius 3 is 2.39 bits per heavy atom. The molecule has 8 rings (SSSR count). The van der Waals surface area contributed by atoms with Gasteiger partial charge in [0.2, 0.25) is 0 Å². The topological polar surface area (TPSA) is 36.4 Å². The smallest absolute Gasteiger partial charge is 0.142 e. The molecule has 2 heterocycles. The lowest BCUT2D eigenvalue weighted by atomic mass is 9.72. The highest BCUT2D eigenvalue weighted by Gasteiger charge is 2.38. The van der Waals surface area contributed by atoms with Crippen molar-refractivity contribution < 1.29 is 0 Å². The third-order valence-corrected chi connectivity index (χ3v) is 10.0. The van der Waals surface area contributed by atoms with Crippen LogP contribution in [0.3, 0.4) is 0 Å². The SMILES string of the molecule is C1=CCC(C2Nc3c(ccc4c3C3C=CC=C(C5N=C(c6ccccc6)C=C(c6ccccc6)N5)C3C=C4)S2)C=C1. The first-order chi connectivity index (χ1) is 20.3. The molecule has 0 radical (unpaired) electrons. The molecule has 5 unspecified atom stereocenters. The zero-order valence-electron chi connectivity index (χ0n) is 22.7. The number of nitrogens with zero attached hydrogens (tertiary/aromatic N) is 1. The standard InChI is InChI=1S/C37H31N3S/c1-4-11-24(12-5-1)31-23-32(25-13-6-2-7-14-25)39-36(38-31)30-18-10-17-29-28(30)21-19-26-20-22-33-35(34(26)29)40-37(41-33)27-15-8-3-9-16-27/h1-15,17-23,27-29,36-38,40H,16H2. The summed E-state index contributed by atoms with van der Waals surface area (Å²) in [5, 5.41) is 8.12. The highest BCUT2D eigenvalue weighted by Crippen LogP contribution is 2.52. The summed E-state index contributed by atoms with van der Waals surface area (Å²) in [6.45, 7) is 0. The van der Waals surface area contributed by atoms with E-state index in [-0.39, 0.29) is 18.0 Å². The Balaban J connectivity index is 1.14. The van der Waals surface area contributed by atoms with Crippen LogP contribution >= 0.6 is 11.8 Å². The molecule has 3 nitrogen and oxygen atoms in total. The van der Waals surface area contributed by atoms with Crippen LogP contribution in [0.5, 0.6) is 0 Å². The zero-order chi connectivity index (χ0) is 27.2. The summed E-state index contributed by atoms with van der Waals surface area (Å²) in [6.07, 6.45) is 23.7. The molecule has 2 N–H and O–H groups in total. The molecular formula is C37H31N3S. The molecule has 0 fully saturated rings. The van der Waals surface area contributed by atoms with E-state index >= 15 is 0 Å². The highest BCUT2D eigenvalue weighted by molar-refractivity contribution is 8.00. The third kappa shape index (κ3) is 4.43. The molecular weight excluding hydrogens is 518 g/mol. The molecule has 5 aliphatic rings. The molecule has 0 saturated heterocycles. The van der Waals surface area contributed by atoms with Gasteiger partial charge in [-0.3, -0.25) is 4.99 Å². The van der Waals surface area contributed by atoms with Gasteiger partial charge in [-0.2, -0.15) is 0 Å². The Labute approximate surface area is 245 Å². The van der Waals surface area contributed by atoms with Crippen LogP contribution in [0.2, 0.25) is 0 Å². The van der Waals surface area contributed by atoms with E-state index in [9.17, 15) is 0 Å². The van der Waals surface area contributed by atoms with Gasteiger partial charge in [-0.1, -0.05) is 133 Å². The second-order valence-electron chi connectivity index (χ2n) is 11.2. The van der Waals surface area contributed by atoms with Crippen molar-refractivity contribution in [2.24, 2.45) is 16.8 Å². The number of nitrogens with one attached hydrogen (secondary N) is 2. The molecule has 3 aromatic rings. The van der Waals surface area contributed by atoms with Crippen molar-refractivity contribution in [2.75, 3.05) is 5.32 Å². The number of aliphatic imine (C=N–C) groups is 1. The molecule has 4 heteroatoms. The normalized spacial score (nSPS) is 27.0. The van der Waals surface area contributed by atoms with E-state index in [0.29, 0.717) is 11.3 Å². The molecule has 200 valence electrons. The number of thioether (sulfide) groups is 1. The van der Waals surface area contributed by atoms with E-state index in [4.69, 9.17) is 4.99 Å². The number of hydrogen-bond donors (Lipinski definition) is 2. The first-order valence-electron chi connectivity index (χ1n) is 14.5. The van der Waals surface area contributed by atoms with Gasteiger partial charge >= 0.3 is 0 Å². The summed E-state index contributed by atoms with van der Waals surface area (Å²) in [4.78, 5) is 6.67. The summed E-state index contributed by atoms with van der Waals surface area (Å²) in [5.41, 5.74) is 9.78. The zero-order valence-corrected chi connectivity index (χ0v) is 23.5. The van der Waals surface area contributed by atoms with Gasteiger partial charge in [0, 0.05) is 28.3 Å². The van der Waals surface area contributed by atoms with Crippen molar-refractivity contribution in [3.63, 3.8) is 0 Å². The minimum Gasteiger partial charge on any atom is -0.371 e. The summed E-state index contributed by atoms with van der Waals surface area (Å²) in [6, 6.07) is 25.7. The van der Waals surface area contributed by atoms with Crippen LogP contribution in [-0.2, 0) is 0 Å². The van der Waals surface area contributed by atoms with Crippen LogP contribution in [0.4, 0.5) is 5.69 Å². The molecule has 0 saturated carbocycles. The van der Waals surface area contributed by atoms with Crippen molar-refractivity contribution in [1.82, 2.24) is 5.32 Å². The lowest BCUT2D eigenvalue weighted by molar-refractivity contribution is 0.565. The predicted molar refractivity (Wildman–Crippen MR) is 173 cm³/mol.